The van der Waals surface area contributed by atoms with Crippen LogP contribution in [0, 0.1) is 0 Å². The Bertz CT molecular complexity index is 66.6. The second-order valence-corrected chi connectivity index (χ2v) is 2.55. The van der Waals surface area contributed by atoms with Crippen LogP contribution in [0.5, 0.6) is 0 Å². The van der Waals surface area contributed by atoms with Crippen molar-refractivity contribution in [2.24, 2.45) is 0 Å². The number of rotatable bonds is 6. The molecule has 0 aromatic carbocycles. The van der Waals surface area contributed by atoms with E-state index in [2.05, 4.69) is 24.5 Å². The van der Waals surface area contributed by atoms with Crippen molar-refractivity contribution in [3.8, 4) is 0 Å². The van der Waals surface area contributed by atoms with E-state index in [0.29, 0.717) is 12.6 Å². The lowest BCUT2D eigenvalue weighted by molar-refractivity contribution is 0.460. The van der Waals surface area contributed by atoms with E-state index >= 15 is 0 Å². The van der Waals surface area contributed by atoms with Crippen molar-refractivity contribution in [1.29, 1.82) is 0 Å². The minimum absolute atomic E-state index is 0.276. The number of hydrogen-bond donors (Lipinski definition) is 2. The zero-order valence-corrected chi connectivity index (χ0v) is 6.78. The molecule has 0 spiro atoms. The highest BCUT2D eigenvalue weighted by Crippen LogP contribution is 1.72. The molecule has 3 heteroatoms. The van der Waals surface area contributed by atoms with E-state index in [-0.39, 0.29) is 6.67 Å². The lowest BCUT2D eigenvalue weighted by Gasteiger charge is -2.07. The highest BCUT2D eigenvalue weighted by atomic mass is 19.1. The third-order valence-electron chi connectivity index (χ3n) is 1.13. The topological polar surface area (TPSA) is 24.1 Å². The molecule has 62 valence electrons. The smallest absolute Gasteiger partial charge is 0.102 e. The molecular weight excluding hydrogens is 131 g/mol. The molecule has 0 rings (SSSR count). The van der Waals surface area contributed by atoms with E-state index in [1.807, 2.05) is 0 Å². The van der Waals surface area contributed by atoms with Gasteiger partial charge in [0, 0.05) is 25.7 Å². The quantitative estimate of drug-likeness (QED) is 0.537. The number of halogens is 1. The molecule has 0 atom stereocenters. The fourth-order valence-electron chi connectivity index (χ4n) is 0.641. The van der Waals surface area contributed by atoms with Gasteiger partial charge in [0.05, 0.1) is 0 Å². The summed E-state index contributed by atoms with van der Waals surface area (Å²) in [6.07, 6.45) is 0. The molecule has 2 nitrogen and oxygen atoms in total. The molecule has 0 fully saturated rings. The van der Waals surface area contributed by atoms with Crippen molar-refractivity contribution in [3.63, 3.8) is 0 Å². The minimum atomic E-state index is -0.276. The molecule has 0 aliphatic rings. The maximum Gasteiger partial charge on any atom is 0.102 e. The molecule has 10 heavy (non-hydrogen) atoms. The van der Waals surface area contributed by atoms with Gasteiger partial charge in [0.15, 0.2) is 0 Å². The monoisotopic (exact) mass is 148 g/mol. The van der Waals surface area contributed by atoms with Crippen molar-refractivity contribution < 1.29 is 4.39 Å². The fourth-order valence-corrected chi connectivity index (χ4v) is 0.641. The Morgan fingerprint density at radius 3 is 2.40 bits per heavy atom. The molecule has 0 aliphatic carbocycles. The molecule has 0 unspecified atom stereocenters. The zero-order valence-electron chi connectivity index (χ0n) is 6.78. The summed E-state index contributed by atoms with van der Waals surface area (Å²) in [6.45, 7) is 6.14. The molecule has 0 aliphatic heterocycles. The van der Waals surface area contributed by atoms with Crippen LogP contribution in [0.1, 0.15) is 13.8 Å². The van der Waals surface area contributed by atoms with Gasteiger partial charge in [0.25, 0.3) is 0 Å². The highest BCUT2D eigenvalue weighted by molar-refractivity contribution is 4.54. The van der Waals surface area contributed by atoms with E-state index in [0.717, 1.165) is 13.1 Å². The van der Waals surface area contributed by atoms with Gasteiger partial charge in [-0.05, 0) is 0 Å². The SMILES string of the molecule is CC(C)NCCNCCF. The van der Waals surface area contributed by atoms with Crippen LogP contribution in [0.4, 0.5) is 4.39 Å². The van der Waals surface area contributed by atoms with Crippen molar-refractivity contribution in [3.05, 3.63) is 0 Å². The van der Waals surface area contributed by atoms with Crippen LogP contribution in [-0.4, -0.2) is 32.4 Å². The molecule has 0 amide bonds. The van der Waals surface area contributed by atoms with Gasteiger partial charge in [-0.2, -0.15) is 0 Å². The van der Waals surface area contributed by atoms with E-state index in [1.54, 1.807) is 0 Å². The van der Waals surface area contributed by atoms with Gasteiger partial charge < -0.3 is 10.6 Å². The summed E-state index contributed by atoms with van der Waals surface area (Å²) in [4.78, 5) is 0. The highest BCUT2D eigenvalue weighted by Gasteiger charge is 1.89. The van der Waals surface area contributed by atoms with E-state index in [4.69, 9.17) is 0 Å². The maximum absolute atomic E-state index is 11.5. The molecule has 0 radical (unpaired) electrons. The second-order valence-electron chi connectivity index (χ2n) is 2.55. The first-order valence-corrected chi connectivity index (χ1v) is 3.77. The molecule has 0 saturated carbocycles. The Kier molecular flexibility index (Phi) is 6.86. The summed E-state index contributed by atoms with van der Waals surface area (Å²) >= 11 is 0. The van der Waals surface area contributed by atoms with Crippen LogP contribution in [0.15, 0.2) is 0 Å². The van der Waals surface area contributed by atoms with Gasteiger partial charge in [0.1, 0.15) is 6.67 Å². The van der Waals surface area contributed by atoms with Crippen LogP contribution in [0.3, 0.4) is 0 Å². The number of nitrogens with one attached hydrogen (secondary N) is 2. The van der Waals surface area contributed by atoms with Crippen molar-refractivity contribution >= 4 is 0 Å². The Morgan fingerprint density at radius 1 is 1.20 bits per heavy atom. The molecular formula is C7H17FN2. The van der Waals surface area contributed by atoms with Gasteiger partial charge in [0.2, 0.25) is 0 Å². The predicted molar refractivity (Wildman–Crippen MR) is 42.0 cm³/mol. The molecule has 0 bridgehead atoms. The van der Waals surface area contributed by atoms with Gasteiger partial charge in [-0.15, -0.1) is 0 Å². The van der Waals surface area contributed by atoms with Crippen molar-refractivity contribution in [1.82, 2.24) is 10.6 Å². The average molecular weight is 148 g/mol. The van der Waals surface area contributed by atoms with Gasteiger partial charge in [-0.1, -0.05) is 13.8 Å². The first-order chi connectivity index (χ1) is 4.77. The van der Waals surface area contributed by atoms with Gasteiger partial charge in [-0.3, -0.25) is 0 Å². The summed E-state index contributed by atoms with van der Waals surface area (Å²) in [7, 11) is 0. The lowest BCUT2D eigenvalue weighted by atomic mass is 10.4. The van der Waals surface area contributed by atoms with E-state index < -0.39 is 0 Å². The summed E-state index contributed by atoms with van der Waals surface area (Å²) in [5.41, 5.74) is 0. The number of hydrogen-bond acceptors (Lipinski definition) is 2. The summed E-state index contributed by atoms with van der Waals surface area (Å²) < 4.78 is 11.5. The van der Waals surface area contributed by atoms with Gasteiger partial charge in [-0.25, -0.2) is 4.39 Å². The van der Waals surface area contributed by atoms with Crippen LogP contribution >= 0.6 is 0 Å². The Hall–Kier alpha value is -0.150. The minimum Gasteiger partial charge on any atom is -0.313 e. The predicted octanol–water partition coefficient (Wildman–Crippen LogP) is 0.543. The van der Waals surface area contributed by atoms with Crippen LogP contribution in [-0.2, 0) is 0 Å². The molecule has 0 heterocycles. The third kappa shape index (κ3) is 7.85. The Morgan fingerprint density at radius 2 is 1.90 bits per heavy atom. The lowest BCUT2D eigenvalue weighted by Crippen LogP contribution is -2.32. The number of alkyl halides is 1. The molecule has 2 N–H and O–H groups in total. The van der Waals surface area contributed by atoms with Gasteiger partial charge >= 0.3 is 0 Å². The van der Waals surface area contributed by atoms with Crippen LogP contribution in [0.2, 0.25) is 0 Å². The van der Waals surface area contributed by atoms with Crippen molar-refractivity contribution in [2.75, 3.05) is 26.3 Å². The van der Waals surface area contributed by atoms with E-state index in [9.17, 15) is 4.39 Å². The average Bonchev–Trinajstić information content (AvgIpc) is 1.87. The second kappa shape index (κ2) is 6.96. The summed E-state index contributed by atoms with van der Waals surface area (Å²) in [5, 5.41) is 6.17. The summed E-state index contributed by atoms with van der Waals surface area (Å²) in [5.74, 6) is 0. The Balaban J connectivity index is 2.77. The first-order valence-electron chi connectivity index (χ1n) is 3.77. The molecule has 0 saturated heterocycles. The van der Waals surface area contributed by atoms with Crippen molar-refractivity contribution in [2.45, 2.75) is 19.9 Å². The molecule has 0 aromatic heterocycles. The summed E-state index contributed by atoms with van der Waals surface area (Å²) in [6, 6.07) is 0.521. The third-order valence-corrected chi connectivity index (χ3v) is 1.13. The largest absolute Gasteiger partial charge is 0.313 e. The first kappa shape index (κ1) is 9.85. The van der Waals surface area contributed by atoms with Crippen LogP contribution < -0.4 is 10.6 Å². The fraction of sp³-hybridized carbons (Fsp3) is 1.00. The standard InChI is InChI=1S/C7H17FN2/c1-7(2)10-6-5-9-4-3-8/h7,9-10H,3-6H2,1-2H3. The normalized spacial score (nSPS) is 10.8. The molecule has 0 aromatic rings. The van der Waals surface area contributed by atoms with E-state index in [1.165, 1.54) is 0 Å². The maximum atomic E-state index is 11.5. The Labute approximate surface area is 62.2 Å². The van der Waals surface area contributed by atoms with Crippen LogP contribution in [0.25, 0.3) is 0 Å². The zero-order chi connectivity index (χ0) is 7.82.